The number of rotatable bonds is 6. The second-order valence-electron chi connectivity index (χ2n) is 9.49. The Balaban J connectivity index is 1.23. The Morgan fingerprint density at radius 3 is 2.70 bits per heavy atom. The normalized spacial score (nSPS) is 23.1. The van der Waals surface area contributed by atoms with Gasteiger partial charge in [0.05, 0.1) is 17.3 Å². The number of hydrogen-bond donors (Lipinski definition) is 1. The molecule has 0 bridgehead atoms. The van der Waals surface area contributed by atoms with Crippen molar-refractivity contribution in [2.45, 2.75) is 51.0 Å². The zero-order valence-corrected chi connectivity index (χ0v) is 19.1. The quantitative estimate of drug-likeness (QED) is 0.554. The van der Waals surface area contributed by atoms with Gasteiger partial charge in [-0.2, -0.15) is 10.4 Å². The fraction of sp³-hybridized carbons (Fsp3) is 0.444. The van der Waals surface area contributed by atoms with E-state index in [9.17, 15) is 0 Å². The minimum Gasteiger partial charge on any atom is -0.371 e. The summed E-state index contributed by atoms with van der Waals surface area (Å²) in [6, 6.07) is 16.8. The molecule has 5 rings (SSSR count). The highest BCUT2D eigenvalue weighted by atomic mass is 15.3. The lowest BCUT2D eigenvalue weighted by molar-refractivity contribution is 0.247. The molecule has 0 amide bonds. The van der Waals surface area contributed by atoms with E-state index in [4.69, 9.17) is 5.26 Å². The molecule has 170 valence electrons. The first-order valence-electron chi connectivity index (χ1n) is 12.3. The Kier molecular flexibility index (Phi) is 6.57. The van der Waals surface area contributed by atoms with Crippen LogP contribution in [0.5, 0.6) is 0 Å². The summed E-state index contributed by atoms with van der Waals surface area (Å²) in [6.07, 6.45) is 14.6. The van der Waals surface area contributed by atoms with Crippen LogP contribution in [0.25, 0.3) is 5.69 Å². The maximum absolute atomic E-state index is 9.08. The molecule has 0 unspecified atom stereocenters. The van der Waals surface area contributed by atoms with Gasteiger partial charge in [0.25, 0.3) is 0 Å². The molecule has 1 saturated heterocycles. The van der Waals surface area contributed by atoms with E-state index in [1.165, 1.54) is 50.6 Å². The number of aromatic nitrogens is 3. The number of anilines is 2. The number of pyridine rings is 1. The van der Waals surface area contributed by atoms with E-state index in [1.807, 2.05) is 41.3 Å². The zero-order valence-electron chi connectivity index (χ0n) is 19.1. The van der Waals surface area contributed by atoms with E-state index in [1.54, 1.807) is 6.20 Å². The monoisotopic (exact) mass is 440 g/mol. The van der Waals surface area contributed by atoms with Crippen LogP contribution in [0.2, 0.25) is 0 Å². The number of nitriles is 1. The third-order valence-corrected chi connectivity index (χ3v) is 7.27. The summed E-state index contributed by atoms with van der Waals surface area (Å²) in [6.45, 7) is 2.22. The van der Waals surface area contributed by atoms with Crippen LogP contribution in [-0.2, 0) is 0 Å². The molecule has 6 nitrogen and oxygen atoms in total. The van der Waals surface area contributed by atoms with E-state index in [0.29, 0.717) is 17.9 Å². The first-order chi connectivity index (χ1) is 16.3. The smallest absolute Gasteiger partial charge is 0.128 e. The maximum atomic E-state index is 9.08. The Morgan fingerprint density at radius 2 is 1.88 bits per heavy atom. The van der Waals surface area contributed by atoms with Crippen LogP contribution in [0.1, 0.15) is 50.5 Å². The van der Waals surface area contributed by atoms with Gasteiger partial charge in [-0.1, -0.05) is 12.8 Å². The van der Waals surface area contributed by atoms with Crippen LogP contribution in [0.4, 0.5) is 11.5 Å². The van der Waals surface area contributed by atoms with Gasteiger partial charge in [0.15, 0.2) is 0 Å². The van der Waals surface area contributed by atoms with E-state index in [-0.39, 0.29) is 0 Å². The van der Waals surface area contributed by atoms with Gasteiger partial charge in [0, 0.05) is 49.5 Å². The molecule has 33 heavy (non-hydrogen) atoms. The Labute approximate surface area is 196 Å². The highest BCUT2D eigenvalue weighted by molar-refractivity contribution is 5.50. The van der Waals surface area contributed by atoms with E-state index in [2.05, 4.69) is 44.6 Å². The summed E-state index contributed by atoms with van der Waals surface area (Å²) in [4.78, 5) is 7.12. The minimum absolute atomic E-state index is 0.476. The summed E-state index contributed by atoms with van der Waals surface area (Å²) < 4.78 is 1.88. The Morgan fingerprint density at radius 1 is 1.00 bits per heavy atom. The lowest BCUT2D eigenvalue weighted by atomic mass is 9.77. The van der Waals surface area contributed by atoms with Crippen molar-refractivity contribution in [1.82, 2.24) is 14.8 Å². The summed E-state index contributed by atoms with van der Waals surface area (Å²) in [5, 5.41) is 17.2. The molecule has 3 atom stereocenters. The molecule has 3 aromatic rings. The van der Waals surface area contributed by atoms with Crippen LogP contribution in [-0.4, -0.2) is 33.9 Å². The molecule has 6 heteroatoms. The first kappa shape index (κ1) is 21.5. The van der Waals surface area contributed by atoms with Crippen LogP contribution >= 0.6 is 0 Å². The molecule has 2 fully saturated rings. The SMILES string of the molecule is N#Cc1ccc(N2CCC[C@H](C[C@@H]3CCCC[C@H]3Nc3cc(-n4cccn4)ccn3)C2)cc1. The Bertz CT molecular complexity index is 1070. The number of piperidine rings is 1. The van der Waals surface area contributed by atoms with Crippen LogP contribution in [0, 0.1) is 23.2 Å². The van der Waals surface area contributed by atoms with Crippen molar-refractivity contribution in [3.8, 4) is 11.8 Å². The van der Waals surface area contributed by atoms with Crippen molar-refractivity contribution in [3.63, 3.8) is 0 Å². The number of nitrogens with zero attached hydrogens (tertiary/aromatic N) is 5. The average Bonchev–Trinajstić information content (AvgIpc) is 3.41. The molecular formula is C27H32N6. The molecule has 1 N–H and O–H groups in total. The third kappa shape index (κ3) is 5.19. The third-order valence-electron chi connectivity index (χ3n) is 7.27. The van der Waals surface area contributed by atoms with Crippen molar-refractivity contribution in [2.24, 2.45) is 11.8 Å². The van der Waals surface area contributed by atoms with E-state index >= 15 is 0 Å². The highest BCUT2D eigenvalue weighted by Gasteiger charge is 2.30. The number of benzene rings is 1. The van der Waals surface area contributed by atoms with Crippen molar-refractivity contribution < 1.29 is 0 Å². The molecule has 1 aromatic carbocycles. The molecule has 0 spiro atoms. The van der Waals surface area contributed by atoms with Gasteiger partial charge >= 0.3 is 0 Å². The van der Waals surface area contributed by atoms with Gasteiger partial charge in [-0.05, 0) is 80.3 Å². The van der Waals surface area contributed by atoms with Gasteiger partial charge in [-0.15, -0.1) is 0 Å². The lowest BCUT2D eigenvalue weighted by Crippen LogP contribution is -2.39. The van der Waals surface area contributed by atoms with Crippen molar-refractivity contribution in [3.05, 3.63) is 66.6 Å². The molecule has 3 heterocycles. The lowest BCUT2D eigenvalue weighted by Gasteiger charge is -2.39. The summed E-state index contributed by atoms with van der Waals surface area (Å²) in [5.41, 5.74) is 3.01. The van der Waals surface area contributed by atoms with Gasteiger partial charge in [0.1, 0.15) is 5.82 Å². The number of hydrogen-bond acceptors (Lipinski definition) is 5. The highest BCUT2D eigenvalue weighted by Crippen LogP contribution is 2.35. The average molecular weight is 441 g/mol. The molecule has 1 aliphatic heterocycles. The van der Waals surface area contributed by atoms with Crippen molar-refractivity contribution >= 4 is 11.5 Å². The molecule has 2 aliphatic rings. The number of nitrogens with one attached hydrogen (secondary N) is 1. The van der Waals surface area contributed by atoms with Gasteiger partial charge in [-0.3, -0.25) is 0 Å². The molecule has 1 aliphatic carbocycles. The van der Waals surface area contributed by atoms with E-state index < -0.39 is 0 Å². The molecule has 0 radical (unpaired) electrons. The fourth-order valence-electron chi connectivity index (χ4n) is 5.60. The summed E-state index contributed by atoms with van der Waals surface area (Å²) in [5.74, 6) is 2.34. The van der Waals surface area contributed by atoms with E-state index in [0.717, 1.165) is 30.2 Å². The Hall–Kier alpha value is -3.33. The largest absolute Gasteiger partial charge is 0.371 e. The maximum Gasteiger partial charge on any atom is 0.128 e. The van der Waals surface area contributed by atoms with Crippen molar-refractivity contribution in [1.29, 1.82) is 5.26 Å². The summed E-state index contributed by atoms with van der Waals surface area (Å²) in [7, 11) is 0. The minimum atomic E-state index is 0.476. The van der Waals surface area contributed by atoms with Crippen LogP contribution < -0.4 is 10.2 Å². The predicted octanol–water partition coefficient (Wildman–Crippen LogP) is 5.42. The molecular weight excluding hydrogens is 408 g/mol. The zero-order chi connectivity index (χ0) is 22.5. The van der Waals surface area contributed by atoms with Gasteiger partial charge in [0.2, 0.25) is 0 Å². The standard InChI is InChI=1S/C27H32N6/c28-19-21-8-10-24(11-9-21)32-15-3-5-22(20-32)17-23-6-1-2-7-26(23)31-27-18-25(12-14-29-27)33-16-4-13-30-33/h4,8-14,16,18,22-23,26H,1-3,5-7,15,17,20H2,(H,29,31)/t22-,23+,26-/m1/s1. The van der Waals surface area contributed by atoms with Gasteiger partial charge < -0.3 is 10.2 Å². The van der Waals surface area contributed by atoms with Crippen LogP contribution in [0.3, 0.4) is 0 Å². The summed E-state index contributed by atoms with van der Waals surface area (Å²) >= 11 is 0. The van der Waals surface area contributed by atoms with Gasteiger partial charge in [-0.25, -0.2) is 9.67 Å². The second-order valence-corrected chi connectivity index (χ2v) is 9.49. The second kappa shape index (κ2) is 10.1. The van der Waals surface area contributed by atoms with Crippen LogP contribution in [0.15, 0.2) is 61.1 Å². The first-order valence-corrected chi connectivity index (χ1v) is 12.3. The predicted molar refractivity (Wildman–Crippen MR) is 131 cm³/mol. The fourth-order valence-corrected chi connectivity index (χ4v) is 5.60. The topological polar surface area (TPSA) is 69.8 Å². The molecule has 1 saturated carbocycles. The van der Waals surface area contributed by atoms with Crippen molar-refractivity contribution in [2.75, 3.05) is 23.3 Å². The molecule has 2 aromatic heterocycles.